The summed E-state index contributed by atoms with van der Waals surface area (Å²) >= 11 is 0. The van der Waals surface area contributed by atoms with Crippen LogP contribution in [0.4, 0.5) is 0 Å². The molecule has 0 radical (unpaired) electrons. The molecule has 1 saturated heterocycles. The molecule has 1 aliphatic heterocycles. The van der Waals surface area contributed by atoms with E-state index in [1.807, 2.05) is 17.0 Å². The fraction of sp³-hybridized carbons (Fsp3) is 0.533. The van der Waals surface area contributed by atoms with Crippen LogP contribution in [-0.2, 0) is 11.3 Å². The Labute approximate surface area is 118 Å². The van der Waals surface area contributed by atoms with E-state index in [1.54, 1.807) is 17.1 Å². The first-order valence-electron chi connectivity index (χ1n) is 7.39. The Balaban J connectivity index is 1.71. The summed E-state index contributed by atoms with van der Waals surface area (Å²) in [6.45, 7) is 2.05. The Morgan fingerprint density at radius 2 is 1.90 bits per heavy atom. The smallest absolute Gasteiger partial charge is 0.244 e. The second-order valence-corrected chi connectivity index (χ2v) is 5.37. The fourth-order valence-electron chi connectivity index (χ4n) is 2.75. The van der Waals surface area contributed by atoms with E-state index in [1.165, 1.54) is 19.3 Å². The molecule has 1 fully saturated rings. The van der Waals surface area contributed by atoms with Crippen LogP contribution in [0.1, 0.15) is 32.1 Å². The zero-order valence-corrected chi connectivity index (χ0v) is 11.7. The monoisotopic (exact) mass is 272 g/mol. The molecule has 3 heterocycles. The van der Waals surface area contributed by atoms with E-state index < -0.39 is 0 Å². The highest BCUT2D eigenvalue weighted by Crippen LogP contribution is 2.13. The van der Waals surface area contributed by atoms with Crippen molar-refractivity contribution in [3.8, 4) is 0 Å². The van der Waals surface area contributed by atoms with Crippen LogP contribution in [-0.4, -0.2) is 38.7 Å². The summed E-state index contributed by atoms with van der Waals surface area (Å²) in [7, 11) is 0. The van der Waals surface area contributed by atoms with Crippen molar-refractivity contribution >= 4 is 16.9 Å². The number of nitrogens with zero attached hydrogens (tertiary/aromatic N) is 4. The maximum absolute atomic E-state index is 12.4. The number of carbonyl (C=O) groups is 1. The highest BCUT2D eigenvalue weighted by atomic mass is 16.2. The van der Waals surface area contributed by atoms with Gasteiger partial charge in [0, 0.05) is 24.7 Å². The number of fused-ring (bicyclic) bond motifs is 1. The van der Waals surface area contributed by atoms with Gasteiger partial charge in [0.05, 0.1) is 6.20 Å². The van der Waals surface area contributed by atoms with E-state index in [4.69, 9.17) is 0 Å². The Morgan fingerprint density at radius 1 is 1.15 bits per heavy atom. The van der Waals surface area contributed by atoms with Crippen molar-refractivity contribution in [2.24, 2.45) is 0 Å². The minimum atomic E-state index is 0.155. The summed E-state index contributed by atoms with van der Waals surface area (Å²) in [5.41, 5.74) is 0.785. The molecule has 0 atom stereocenters. The van der Waals surface area contributed by atoms with E-state index in [0.29, 0.717) is 6.54 Å². The van der Waals surface area contributed by atoms with Crippen molar-refractivity contribution in [1.29, 1.82) is 0 Å². The summed E-state index contributed by atoms with van der Waals surface area (Å²) in [6.07, 6.45) is 9.50. The third-order valence-corrected chi connectivity index (χ3v) is 3.89. The third-order valence-electron chi connectivity index (χ3n) is 3.89. The van der Waals surface area contributed by atoms with Crippen molar-refractivity contribution in [3.63, 3.8) is 0 Å². The van der Waals surface area contributed by atoms with Gasteiger partial charge in [-0.3, -0.25) is 4.79 Å². The number of carbonyl (C=O) groups excluding carboxylic acids is 1. The maximum Gasteiger partial charge on any atom is 0.244 e. The molecular weight excluding hydrogens is 252 g/mol. The molecule has 0 saturated carbocycles. The van der Waals surface area contributed by atoms with Gasteiger partial charge in [0.1, 0.15) is 6.54 Å². The van der Waals surface area contributed by atoms with E-state index in [2.05, 4.69) is 10.1 Å². The highest BCUT2D eigenvalue weighted by Gasteiger charge is 2.16. The van der Waals surface area contributed by atoms with Crippen molar-refractivity contribution in [3.05, 3.63) is 24.5 Å². The van der Waals surface area contributed by atoms with E-state index in [-0.39, 0.29) is 5.91 Å². The number of likely N-dealkylation sites (tertiary alicyclic amines) is 1. The van der Waals surface area contributed by atoms with Crippen LogP contribution in [0.5, 0.6) is 0 Å². The number of pyridine rings is 1. The molecule has 0 aliphatic carbocycles. The van der Waals surface area contributed by atoms with Crippen LogP contribution < -0.4 is 0 Å². The molecule has 0 unspecified atom stereocenters. The van der Waals surface area contributed by atoms with Crippen LogP contribution >= 0.6 is 0 Å². The number of hydrogen-bond acceptors (Lipinski definition) is 3. The molecule has 2 aromatic heterocycles. The van der Waals surface area contributed by atoms with Gasteiger partial charge in [-0.25, -0.2) is 9.67 Å². The fourth-order valence-corrected chi connectivity index (χ4v) is 2.75. The Kier molecular flexibility index (Phi) is 3.95. The Hall–Kier alpha value is -1.91. The SMILES string of the molecule is O=C(Cn1ncc2cccnc21)N1CCCCCCC1. The summed E-state index contributed by atoms with van der Waals surface area (Å²) in [6, 6.07) is 3.85. The largest absolute Gasteiger partial charge is 0.341 e. The normalized spacial score (nSPS) is 16.9. The lowest BCUT2D eigenvalue weighted by Gasteiger charge is -2.24. The number of amides is 1. The first kappa shape index (κ1) is 13.1. The van der Waals surface area contributed by atoms with Gasteiger partial charge >= 0.3 is 0 Å². The predicted octanol–water partition coefficient (Wildman–Crippen LogP) is 2.22. The second-order valence-electron chi connectivity index (χ2n) is 5.37. The van der Waals surface area contributed by atoms with Crippen LogP contribution in [0.3, 0.4) is 0 Å². The first-order valence-corrected chi connectivity index (χ1v) is 7.39. The standard InChI is InChI=1S/C15H20N4O/c20-14(18-9-4-2-1-3-5-10-18)12-19-15-13(11-17-19)7-6-8-16-15/h6-8,11H,1-5,9-10,12H2. The quantitative estimate of drug-likeness (QED) is 0.842. The van der Waals surface area contributed by atoms with Gasteiger partial charge < -0.3 is 4.90 Å². The van der Waals surface area contributed by atoms with Crippen LogP contribution in [0.15, 0.2) is 24.5 Å². The van der Waals surface area contributed by atoms with Crippen molar-refractivity contribution < 1.29 is 4.79 Å². The van der Waals surface area contributed by atoms with Gasteiger partial charge in [-0.15, -0.1) is 0 Å². The lowest BCUT2D eigenvalue weighted by atomic mass is 10.1. The molecular formula is C15H20N4O. The molecule has 0 aromatic carbocycles. The Bertz CT molecular complexity index is 584. The molecule has 5 nitrogen and oxygen atoms in total. The topological polar surface area (TPSA) is 51.0 Å². The molecule has 0 bridgehead atoms. The highest BCUT2D eigenvalue weighted by molar-refractivity contribution is 5.79. The van der Waals surface area contributed by atoms with Gasteiger partial charge in [-0.1, -0.05) is 19.3 Å². The van der Waals surface area contributed by atoms with Crippen LogP contribution in [0.25, 0.3) is 11.0 Å². The lowest BCUT2D eigenvalue weighted by Crippen LogP contribution is -2.36. The minimum Gasteiger partial charge on any atom is -0.341 e. The van der Waals surface area contributed by atoms with E-state index in [0.717, 1.165) is 37.0 Å². The predicted molar refractivity (Wildman–Crippen MR) is 77.2 cm³/mol. The van der Waals surface area contributed by atoms with Gasteiger partial charge in [-0.2, -0.15) is 5.10 Å². The van der Waals surface area contributed by atoms with Crippen molar-refractivity contribution in [2.75, 3.05) is 13.1 Å². The molecule has 0 N–H and O–H groups in total. The van der Waals surface area contributed by atoms with Gasteiger partial charge in [0.15, 0.2) is 5.65 Å². The molecule has 1 aliphatic rings. The molecule has 0 spiro atoms. The molecule has 5 heteroatoms. The average molecular weight is 272 g/mol. The van der Waals surface area contributed by atoms with Crippen molar-refractivity contribution in [1.82, 2.24) is 19.7 Å². The lowest BCUT2D eigenvalue weighted by molar-refractivity contribution is -0.132. The van der Waals surface area contributed by atoms with Crippen LogP contribution in [0, 0.1) is 0 Å². The zero-order chi connectivity index (χ0) is 13.8. The van der Waals surface area contributed by atoms with Crippen LogP contribution in [0.2, 0.25) is 0 Å². The summed E-state index contributed by atoms with van der Waals surface area (Å²) in [5.74, 6) is 0.155. The molecule has 106 valence electrons. The minimum absolute atomic E-state index is 0.155. The third kappa shape index (κ3) is 2.81. The molecule has 20 heavy (non-hydrogen) atoms. The average Bonchev–Trinajstić information content (AvgIpc) is 2.82. The number of aromatic nitrogens is 3. The van der Waals surface area contributed by atoms with Gasteiger partial charge in [0.25, 0.3) is 0 Å². The zero-order valence-electron chi connectivity index (χ0n) is 11.7. The number of rotatable bonds is 2. The van der Waals surface area contributed by atoms with Crippen molar-refractivity contribution in [2.45, 2.75) is 38.6 Å². The van der Waals surface area contributed by atoms with E-state index in [9.17, 15) is 4.79 Å². The number of hydrogen-bond donors (Lipinski definition) is 0. The molecule has 3 rings (SSSR count). The van der Waals surface area contributed by atoms with E-state index >= 15 is 0 Å². The summed E-state index contributed by atoms with van der Waals surface area (Å²) in [5, 5.41) is 5.26. The second kappa shape index (κ2) is 6.03. The maximum atomic E-state index is 12.4. The summed E-state index contributed by atoms with van der Waals surface area (Å²) < 4.78 is 1.70. The molecule has 2 aromatic rings. The molecule has 1 amide bonds. The Morgan fingerprint density at radius 3 is 2.70 bits per heavy atom. The van der Waals surface area contributed by atoms with Gasteiger partial charge in [0.2, 0.25) is 5.91 Å². The van der Waals surface area contributed by atoms with Gasteiger partial charge in [-0.05, 0) is 25.0 Å². The summed E-state index contributed by atoms with van der Waals surface area (Å²) in [4.78, 5) is 18.7. The first-order chi connectivity index (χ1) is 9.84.